The topological polar surface area (TPSA) is 62.9 Å². The largest absolute Gasteiger partial charge is 0.486 e. The molecule has 0 unspecified atom stereocenters. The van der Waals surface area contributed by atoms with E-state index in [9.17, 15) is 0 Å². The molecule has 2 heterocycles. The van der Waals surface area contributed by atoms with Gasteiger partial charge in [-0.05, 0) is 31.2 Å². The van der Waals surface area contributed by atoms with Crippen molar-refractivity contribution in [1.82, 2.24) is 0 Å². The molecule has 5 nitrogen and oxygen atoms in total. The van der Waals surface area contributed by atoms with Crippen LogP contribution >= 0.6 is 0 Å². The lowest BCUT2D eigenvalue weighted by atomic mass is 10.00. The molecule has 0 atom stereocenters. The maximum absolute atomic E-state index is 5.85. The van der Waals surface area contributed by atoms with Crippen molar-refractivity contribution in [3.63, 3.8) is 0 Å². The van der Waals surface area contributed by atoms with E-state index in [-0.39, 0.29) is 0 Å². The molecule has 1 saturated heterocycles. The first kappa shape index (κ1) is 12.7. The van der Waals surface area contributed by atoms with Crippen molar-refractivity contribution in [1.29, 1.82) is 0 Å². The summed E-state index contributed by atoms with van der Waals surface area (Å²) >= 11 is 0. The van der Waals surface area contributed by atoms with Crippen LogP contribution in [0.4, 0.5) is 0 Å². The van der Waals surface area contributed by atoms with Crippen LogP contribution in [-0.2, 0) is 15.3 Å². The van der Waals surface area contributed by atoms with E-state index >= 15 is 0 Å². The molecule has 1 aromatic carbocycles. The molecule has 2 N–H and O–H groups in total. The van der Waals surface area contributed by atoms with Gasteiger partial charge in [-0.1, -0.05) is 0 Å². The van der Waals surface area contributed by atoms with Crippen molar-refractivity contribution in [2.45, 2.75) is 18.6 Å². The third-order valence-electron chi connectivity index (χ3n) is 3.45. The fourth-order valence-corrected chi connectivity index (χ4v) is 2.53. The molecule has 104 valence electrons. The molecule has 1 fully saturated rings. The molecule has 0 amide bonds. The number of nitrogens with two attached hydrogens (primary N) is 1. The molecule has 5 heteroatoms. The Kier molecular flexibility index (Phi) is 3.59. The molecule has 3 rings (SSSR count). The van der Waals surface area contributed by atoms with Crippen LogP contribution in [0.1, 0.15) is 18.4 Å². The Balaban J connectivity index is 1.89. The zero-order valence-corrected chi connectivity index (χ0v) is 10.9. The molecule has 2 aliphatic heterocycles. The van der Waals surface area contributed by atoms with Crippen LogP contribution < -0.4 is 15.2 Å². The number of hydrogen-bond donors (Lipinski definition) is 1. The summed E-state index contributed by atoms with van der Waals surface area (Å²) in [5.74, 6) is 0.867. The second-order valence-corrected chi connectivity index (χ2v) is 4.70. The van der Waals surface area contributed by atoms with Gasteiger partial charge in [0.05, 0.1) is 13.2 Å². The highest BCUT2D eigenvalue weighted by Gasteiger charge is 2.38. The molecular formula is C14H19NO4. The summed E-state index contributed by atoms with van der Waals surface area (Å²) in [6.07, 6.45) is 1.61. The van der Waals surface area contributed by atoms with E-state index in [4.69, 9.17) is 24.7 Å². The van der Waals surface area contributed by atoms with Gasteiger partial charge >= 0.3 is 0 Å². The fourth-order valence-electron chi connectivity index (χ4n) is 2.53. The fraction of sp³-hybridized carbons (Fsp3) is 0.571. The first-order valence-electron chi connectivity index (χ1n) is 6.72. The van der Waals surface area contributed by atoms with E-state index in [2.05, 4.69) is 0 Å². The third kappa shape index (κ3) is 2.41. The van der Waals surface area contributed by atoms with Gasteiger partial charge in [-0.25, -0.2) is 0 Å². The third-order valence-corrected chi connectivity index (χ3v) is 3.45. The maximum Gasteiger partial charge on any atom is 0.195 e. The molecule has 0 radical (unpaired) electrons. The van der Waals surface area contributed by atoms with Gasteiger partial charge in [0.25, 0.3) is 0 Å². The van der Waals surface area contributed by atoms with Crippen molar-refractivity contribution in [2.75, 3.05) is 33.0 Å². The molecule has 0 aliphatic carbocycles. The summed E-state index contributed by atoms with van der Waals surface area (Å²) in [5, 5.41) is 0. The second-order valence-electron chi connectivity index (χ2n) is 4.70. The Morgan fingerprint density at radius 2 is 1.74 bits per heavy atom. The average Bonchev–Trinajstić information content (AvgIpc) is 2.95. The van der Waals surface area contributed by atoms with Crippen molar-refractivity contribution < 1.29 is 18.9 Å². The molecular weight excluding hydrogens is 246 g/mol. The van der Waals surface area contributed by atoms with Gasteiger partial charge in [-0.15, -0.1) is 0 Å². The van der Waals surface area contributed by atoms with Crippen LogP contribution in [0.15, 0.2) is 18.2 Å². The smallest absolute Gasteiger partial charge is 0.195 e. The van der Waals surface area contributed by atoms with Crippen LogP contribution in [0, 0.1) is 0 Å². The highest BCUT2D eigenvalue weighted by molar-refractivity contribution is 5.45. The average molecular weight is 265 g/mol. The molecule has 0 spiro atoms. The lowest BCUT2D eigenvalue weighted by molar-refractivity contribution is -0.171. The standard InChI is InChI=1S/C14H19NO4/c15-5-1-4-14(18-8-9-19-14)11-2-3-12-13(10-11)17-7-6-16-12/h2-3,10H,1,4-9,15H2. The molecule has 0 bridgehead atoms. The Morgan fingerprint density at radius 3 is 2.47 bits per heavy atom. The van der Waals surface area contributed by atoms with Gasteiger partial charge in [0.1, 0.15) is 13.2 Å². The van der Waals surface area contributed by atoms with Crippen molar-refractivity contribution in [2.24, 2.45) is 5.73 Å². The summed E-state index contributed by atoms with van der Waals surface area (Å²) in [5.41, 5.74) is 6.57. The van der Waals surface area contributed by atoms with Crippen LogP contribution in [0.3, 0.4) is 0 Å². The molecule has 1 aromatic rings. The van der Waals surface area contributed by atoms with Gasteiger partial charge in [0, 0.05) is 12.0 Å². The summed E-state index contributed by atoms with van der Waals surface area (Å²) in [6, 6.07) is 5.85. The first-order chi connectivity index (χ1) is 9.34. The summed E-state index contributed by atoms with van der Waals surface area (Å²) in [4.78, 5) is 0. The molecule has 19 heavy (non-hydrogen) atoms. The zero-order valence-electron chi connectivity index (χ0n) is 10.9. The maximum atomic E-state index is 5.85. The summed E-state index contributed by atoms with van der Waals surface area (Å²) in [6.45, 7) is 3.02. The Labute approximate surface area is 112 Å². The molecule has 2 aliphatic rings. The van der Waals surface area contributed by atoms with Gasteiger partial charge in [0.2, 0.25) is 0 Å². The van der Waals surface area contributed by atoms with Crippen molar-refractivity contribution in [3.8, 4) is 11.5 Å². The van der Waals surface area contributed by atoms with Crippen LogP contribution in [0.25, 0.3) is 0 Å². The minimum absolute atomic E-state index is 0.577. The van der Waals surface area contributed by atoms with E-state index in [0.717, 1.165) is 29.9 Å². The minimum atomic E-state index is -0.671. The zero-order chi connectivity index (χ0) is 13.1. The van der Waals surface area contributed by atoms with Gasteiger partial charge in [-0.3, -0.25) is 0 Å². The SMILES string of the molecule is NCCCC1(c2ccc3c(c2)OCCO3)OCCO1. The monoisotopic (exact) mass is 265 g/mol. The number of benzene rings is 1. The first-order valence-corrected chi connectivity index (χ1v) is 6.72. The predicted molar refractivity (Wildman–Crippen MR) is 69.3 cm³/mol. The number of fused-ring (bicyclic) bond motifs is 1. The summed E-state index contributed by atoms with van der Waals surface area (Å²) < 4.78 is 22.8. The van der Waals surface area contributed by atoms with E-state index in [1.54, 1.807) is 0 Å². The second kappa shape index (κ2) is 5.36. The Bertz CT molecular complexity index is 443. The van der Waals surface area contributed by atoms with Gasteiger partial charge in [-0.2, -0.15) is 0 Å². The van der Waals surface area contributed by atoms with E-state index in [1.165, 1.54) is 0 Å². The van der Waals surface area contributed by atoms with E-state index < -0.39 is 5.79 Å². The highest BCUT2D eigenvalue weighted by atomic mass is 16.7. The van der Waals surface area contributed by atoms with Crippen LogP contribution in [0.5, 0.6) is 11.5 Å². The van der Waals surface area contributed by atoms with Crippen molar-refractivity contribution in [3.05, 3.63) is 23.8 Å². The summed E-state index contributed by atoms with van der Waals surface area (Å²) in [7, 11) is 0. The quantitative estimate of drug-likeness (QED) is 0.891. The van der Waals surface area contributed by atoms with Crippen LogP contribution in [0.2, 0.25) is 0 Å². The Hall–Kier alpha value is -1.30. The number of ether oxygens (including phenoxy) is 4. The van der Waals surface area contributed by atoms with Crippen LogP contribution in [-0.4, -0.2) is 33.0 Å². The highest BCUT2D eigenvalue weighted by Crippen LogP contribution is 2.40. The van der Waals surface area contributed by atoms with E-state index in [1.807, 2.05) is 18.2 Å². The van der Waals surface area contributed by atoms with Crippen molar-refractivity contribution >= 4 is 0 Å². The molecule has 0 saturated carbocycles. The van der Waals surface area contributed by atoms with Gasteiger partial charge < -0.3 is 24.7 Å². The Morgan fingerprint density at radius 1 is 1.00 bits per heavy atom. The lowest BCUT2D eigenvalue weighted by Gasteiger charge is -2.29. The number of hydrogen-bond acceptors (Lipinski definition) is 5. The number of rotatable bonds is 4. The normalized spacial score (nSPS) is 20.5. The molecule has 0 aromatic heterocycles. The van der Waals surface area contributed by atoms with E-state index in [0.29, 0.717) is 33.0 Å². The predicted octanol–water partition coefficient (Wildman–Crippen LogP) is 1.40. The minimum Gasteiger partial charge on any atom is -0.486 e. The lowest BCUT2D eigenvalue weighted by Crippen LogP contribution is -2.28. The van der Waals surface area contributed by atoms with Gasteiger partial charge in [0.15, 0.2) is 17.3 Å².